The van der Waals surface area contributed by atoms with Gasteiger partial charge >= 0.3 is 6.09 Å². The third kappa shape index (κ3) is 1.68. The number of aryl methyl sites for hydroxylation is 1. The number of nitrogens with zero attached hydrogens (tertiary/aromatic N) is 1. The van der Waals surface area contributed by atoms with Crippen LogP contribution in [0.2, 0.25) is 0 Å². The van der Waals surface area contributed by atoms with Crippen molar-refractivity contribution in [3.63, 3.8) is 0 Å². The van der Waals surface area contributed by atoms with Crippen molar-refractivity contribution in [2.45, 2.75) is 6.92 Å². The van der Waals surface area contributed by atoms with Crippen molar-refractivity contribution in [3.8, 4) is 11.5 Å². The van der Waals surface area contributed by atoms with Crippen molar-refractivity contribution in [1.82, 2.24) is 4.57 Å². The predicted octanol–water partition coefficient (Wildman–Crippen LogP) is 2.58. The topological polar surface area (TPSA) is 49.7 Å². The quantitative estimate of drug-likeness (QED) is 0.820. The van der Waals surface area contributed by atoms with Crippen LogP contribution in [-0.4, -0.2) is 32.0 Å². The average molecular weight is 249 g/mol. The number of aromatic nitrogens is 1. The van der Waals surface area contributed by atoms with Crippen molar-refractivity contribution >= 4 is 17.0 Å². The second-order valence-electron chi connectivity index (χ2n) is 3.82. The predicted molar refractivity (Wildman–Crippen MR) is 67.6 cm³/mol. The van der Waals surface area contributed by atoms with Crippen LogP contribution < -0.4 is 9.47 Å². The first-order valence-corrected chi connectivity index (χ1v) is 5.45. The summed E-state index contributed by atoms with van der Waals surface area (Å²) in [6.07, 6.45) is -0.450. The van der Waals surface area contributed by atoms with Gasteiger partial charge in [-0.2, -0.15) is 0 Å². The number of benzene rings is 1. The van der Waals surface area contributed by atoms with E-state index in [0.717, 1.165) is 11.1 Å². The number of carbonyl (C=O) groups excluding carboxylic acids is 1. The molecule has 0 fully saturated rings. The second-order valence-corrected chi connectivity index (χ2v) is 3.82. The first-order chi connectivity index (χ1) is 8.63. The largest absolute Gasteiger partial charge is 0.496 e. The minimum absolute atomic E-state index is 0.450. The van der Waals surface area contributed by atoms with Crippen molar-refractivity contribution in [3.05, 3.63) is 23.9 Å². The third-order valence-corrected chi connectivity index (χ3v) is 2.87. The highest BCUT2D eigenvalue weighted by atomic mass is 16.5. The van der Waals surface area contributed by atoms with Crippen molar-refractivity contribution < 1.29 is 19.0 Å². The molecule has 18 heavy (non-hydrogen) atoms. The molecule has 0 bridgehead atoms. The lowest BCUT2D eigenvalue weighted by atomic mass is 10.2. The Hall–Kier alpha value is -2.17. The first-order valence-electron chi connectivity index (χ1n) is 5.45. The van der Waals surface area contributed by atoms with Gasteiger partial charge in [-0.15, -0.1) is 0 Å². The summed E-state index contributed by atoms with van der Waals surface area (Å²) >= 11 is 0. The van der Waals surface area contributed by atoms with E-state index in [2.05, 4.69) is 0 Å². The third-order valence-electron chi connectivity index (χ3n) is 2.87. The summed E-state index contributed by atoms with van der Waals surface area (Å²) in [4.78, 5) is 11.8. The zero-order valence-corrected chi connectivity index (χ0v) is 10.8. The average Bonchev–Trinajstić information content (AvgIpc) is 2.73. The Labute approximate surface area is 105 Å². The van der Waals surface area contributed by atoms with Crippen molar-refractivity contribution in [1.29, 1.82) is 0 Å². The molecule has 5 heteroatoms. The fourth-order valence-electron chi connectivity index (χ4n) is 2.06. The van der Waals surface area contributed by atoms with Gasteiger partial charge in [-0.05, 0) is 25.1 Å². The monoisotopic (exact) mass is 249 g/mol. The summed E-state index contributed by atoms with van der Waals surface area (Å²) in [6, 6.07) is 5.44. The van der Waals surface area contributed by atoms with Gasteiger partial charge in [0.15, 0.2) is 0 Å². The van der Waals surface area contributed by atoms with Crippen LogP contribution in [-0.2, 0) is 4.74 Å². The van der Waals surface area contributed by atoms with Crippen molar-refractivity contribution in [2.75, 3.05) is 21.3 Å². The van der Waals surface area contributed by atoms with Crippen LogP contribution >= 0.6 is 0 Å². The van der Waals surface area contributed by atoms with Gasteiger partial charge in [-0.25, -0.2) is 9.36 Å². The summed E-state index contributed by atoms with van der Waals surface area (Å²) in [5.74, 6) is 1.29. The molecule has 96 valence electrons. The molecule has 0 aliphatic rings. The van der Waals surface area contributed by atoms with Crippen LogP contribution in [0, 0.1) is 6.92 Å². The molecule has 5 nitrogen and oxygen atoms in total. The van der Waals surface area contributed by atoms with Crippen LogP contribution in [0.4, 0.5) is 4.79 Å². The van der Waals surface area contributed by atoms with Gasteiger partial charge in [-0.1, -0.05) is 0 Å². The minimum atomic E-state index is -0.450. The van der Waals surface area contributed by atoms with Crippen LogP contribution in [0.5, 0.6) is 11.5 Å². The number of methoxy groups -OCH3 is 3. The van der Waals surface area contributed by atoms with Crippen LogP contribution in [0.25, 0.3) is 10.9 Å². The molecule has 1 aromatic carbocycles. The molecule has 0 aliphatic heterocycles. The normalized spacial score (nSPS) is 10.4. The lowest BCUT2D eigenvalue weighted by Gasteiger charge is -2.09. The molecule has 0 aliphatic carbocycles. The molecule has 1 heterocycles. The number of carbonyl (C=O) groups is 1. The molecule has 0 saturated heterocycles. The van der Waals surface area contributed by atoms with Crippen LogP contribution in [0.1, 0.15) is 5.69 Å². The highest BCUT2D eigenvalue weighted by molar-refractivity contribution is 5.98. The number of hydrogen-bond donors (Lipinski definition) is 0. The first kappa shape index (κ1) is 12.3. The van der Waals surface area contributed by atoms with E-state index in [1.807, 2.05) is 19.1 Å². The van der Waals surface area contributed by atoms with E-state index in [-0.39, 0.29) is 0 Å². The Balaban J connectivity index is 2.85. The van der Waals surface area contributed by atoms with Gasteiger partial charge in [0.25, 0.3) is 0 Å². The van der Waals surface area contributed by atoms with Gasteiger partial charge in [0.05, 0.1) is 21.3 Å². The summed E-state index contributed by atoms with van der Waals surface area (Å²) in [5.41, 5.74) is 1.42. The number of hydrogen-bond acceptors (Lipinski definition) is 4. The van der Waals surface area contributed by atoms with Gasteiger partial charge in [0, 0.05) is 11.1 Å². The van der Waals surface area contributed by atoms with Crippen LogP contribution in [0.15, 0.2) is 18.2 Å². The molecule has 0 unspecified atom stereocenters. The van der Waals surface area contributed by atoms with E-state index in [1.165, 1.54) is 11.7 Å². The molecule has 0 N–H and O–H groups in total. The molecule has 0 spiro atoms. The zero-order chi connectivity index (χ0) is 13.3. The van der Waals surface area contributed by atoms with Gasteiger partial charge in [0.1, 0.15) is 17.0 Å². The Morgan fingerprint density at radius 3 is 2.28 bits per heavy atom. The number of ether oxygens (including phenoxy) is 3. The van der Waals surface area contributed by atoms with E-state index < -0.39 is 6.09 Å². The Morgan fingerprint density at radius 1 is 1.11 bits per heavy atom. The zero-order valence-electron chi connectivity index (χ0n) is 10.8. The standard InChI is InChI=1S/C13H15NO4/c1-8-7-9-10(16-2)5-6-11(17-3)12(9)14(8)13(15)18-4/h5-7H,1-4H3. The molecule has 0 amide bonds. The SMILES string of the molecule is COC(=O)n1c(C)cc2c(OC)ccc(OC)c21. The molecular weight excluding hydrogens is 234 g/mol. The lowest BCUT2D eigenvalue weighted by molar-refractivity contribution is 0.173. The number of fused-ring (bicyclic) bond motifs is 1. The Morgan fingerprint density at radius 2 is 1.72 bits per heavy atom. The van der Waals surface area contributed by atoms with Gasteiger partial charge < -0.3 is 14.2 Å². The fraction of sp³-hybridized carbons (Fsp3) is 0.308. The van der Waals surface area contributed by atoms with E-state index in [0.29, 0.717) is 17.0 Å². The fourth-order valence-corrected chi connectivity index (χ4v) is 2.06. The van der Waals surface area contributed by atoms with E-state index in [4.69, 9.17) is 14.2 Å². The van der Waals surface area contributed by atoms with E-state index >= 15 is 0 Å². The highest BCUT2D eigenvalue weighted by Crippen LogP contribution is 2.35. The van der Waals surface area contributed by atoms with Gasteiger partial charge in [-0.3, -0.25) is 0 Å². The molecular formula is C13H15NO4. The molecule has 0 atom stereocenters. The Bertz CT molecular complexity index is 601. The summed E-state index contributed by atoms with van der Waals surface area (Å²) in [5, 5.41) is 0.819. The Kier molecular flexibility index (Phi) is 3.14. The molecule has 2 aromatic rings. The molecule has 1 aromatic heterocycles. The summed E-state index contributed by atoms with van der Waals surface area (Å²) < 4.78 is 16.8. The summed E-state index contributed by atoms with van der Waals surface area (Å²) in [6.45, 7) is 1.83. The van der Waals surface area contributed by atoms with Crippen molar-refractivity contribution in [2.24, 2.45) is 0 Å². The smallest absolute Gasteiger partial charge is 0.418 e. The maximum absolute atomic E-state index is 11.8. The van der Waals surface area contributed by atoms with E-state index in [9.17, 15) is 4.79 Å². The maximum Gasteiger partial charge on any atom is 0.418 e. The molecule has 2 rings (SSSR count). The lowest BCUT2D eigenvalue weighted by Crippen LogP contribution is -2.12. The maximum atomic E-state index is 11.8. The van der Waals surface area contributed by atoms with Crippen LogP contribution in [0.3, 0.4) is 0 Å². The highest BCUT2D eigenvalue weighted by Gasteiger charge is 2.19. The summed E-state index contributed by atoms with van der Waals surface area (Å²) in [7, 11) is 4.50. The number of rotatable bonds is 2. The molecule has 0 radical (unpaired) electrons. The second kappa shape index (κ2) is 4.60. The van der Waals surface area contributed by atoms with Gasteiger partial charge in [0.2, 0.25) is 0 Å². The van der Waals surface area contributed by atoms with E-state index in [1.54, 1.807) is 20.3 Å². The minimum Gasteiger partial charge on any atom is -0.496 e. The molecule has 0 saturated carbocycles.